The van der Waals surface area contributed by atoms with Gasteiger partial charge in [0, 0.05) is 12.8 Å². The normalized spacial score (nSPS) is 16.4. The van der Waals surface area contributed by atoms with Gasteiger partial charge in [0.15, 0.2) is 6.10 Å². The van der Waals surface area contributed by atoms with Crippen LogP contribution < -0.4 is 15.4 Å². The third kappa shape index (κ3) is 6.09. The van der Waals surface area contributed by atoms with E-state index in [2.05, 4.69) is 10.6 Å². The van der Waals surface area contributed by atoms with Crippen LogP contribution in [0.2, 0.25) is 0 Å². The fraction of sp³-hybridized carbons (Fsp3) is 0.400. The zero-order chi connectivity index (χ0) is 23.1. The van der Waals surface area contributed by atoms with Gasteiger partial charge in [-0.15, -0.1) is 0 Å². The van der Waals surface area contributed by atoms with Crippen LogP contribution in [0.5, 0.6) is 5.75 Å². The second-order valence-corrected chi connectivity index (χ2v) is 8.38. The first-order valence-corrected chi connectivity index (χ1v) is 10.8. The number of benzene rings is 2. The van der Waals surface area contributed by atoms with Crippen LogP contribution in [0, 0.1) is 5.92 Å². The van der Waals surface area contributed by atoms with Crippen LogP contribution in [0.15, 0.2) is 54.6 Å². The number of esters is 1. The van der Waals surface area contributed by atoms with Crippen LogP contribution in [0.3, 0.4) is 0 Å². The van der Waals surface area contributed by atoms with Gasteiger partial charge in [0.2, 0.25) is 5.91 Å². The van der Waals surface area contributed by atoms with E-state index in [1.165, 1.54) is 7.11 Å². The zero-order valence-corrected chi connectivity index (χ0v) is 18.7. The van der Waals surface area contributed by atoms with E-state index in [-0.39, 0.29) is 18.2 Å². The Morgan fingerprint density at radius 2 is 1.69 bits per heavy atom. The Balaban J connectivity index is 1.73. The van der Waals surface area contributed by atoms with Gasteiger partial charge in [-0.1, -0.05) is 62.4 Å². The number of para-hydroxylation sites is 1. The van der Waals surface area contributed by atoms with Gasteiger partial charge in [-0.05, 0) is 29.5 Å². The Kier molecular flexibility index (Phi) is 7.87. The summed E-state index contributed by atoms with van der Waals surface area (Å²) < 4.78 is 10.6. The van der Waals surface area contributed by atoms with E-state index in [1.807, 2.05) is 68.4 Å². The summed E-state index contributed by atoms with van der Waals surface area (Å²) in [4.78, 5) is 38.3. The molecule has 0 fully saturated rings. The Morgan fingerprint density at radius 3 is 2.34 bits per heavy atom. The molecule has 0 saturated heterocycles. The highest BCUT2D eigenvalue weighted by molar-refractivity contribution is 5.92. The first-order valence-electron chi connectivity index (χ1n) is 10.8. The molecule has 2 aromatic rings. The molecule has 32 heavy (non-hydrogen) atoms. The maximum atomic E-state index is 13.2. The van der Waals surface area contributed by atoms with Crippen LogP contribution in [0.25, 0.3) is 0 Å². The highest BCUT2D eigenvalue weighted by Crippen LogP contribution is 2.28. The lowest BCUT2D eigenvalue weighted by Crippen LogP contribution is -2.55. The lowest BCUT2D eigenvalue weighted by molar-refractivity contribution is -0.146. The van der Waals surface area contributed by atoms with Gasteiger partial charge >= 0.3 is 5.97 Å². The first kappa shape index (κ1) is 23.3. The number of hydrogen-bond donors (Lipinski definition) is 2. The van der Waals surface area contributed by atoms with Crippen molar-refractivity contribution in [2.24, 2.45) is 5.92 Å². The minimum Gasteiger partial charge on any atom is -0.480 e. The summed E-state index contributed by atoms with van der Waals surface area (Å²) in [5.41, 5.74) is 1.85. The van der Waals surface area contributed by atoms with Crippen LogP contribution in [0.4, 0.5) is 0 Å². The van der Waals surface area contributed by atoms with Gasteiger partial charge < -0.3 is 20.1 Å². The molecule has 2 amide bonds. The molecule has 1 unspecified atom stereocenters. The van der Waals surface area contributed by atoms with Crippen molar-refractivity contribution in [3.8, 4) is 5.75 Å². The Labute approximate surface area is 188 Å². The molecule has 0 saturated carbocycles. The van der Waals surface area contributed by atoms with Crippen molar-refractivity contribution in [2.75, 3.05) is 7.11 Å². The largest absolute Gasteiger partial charge is 0.480 e. The molecule has 0 aromatic heterocycles. The number of methoxy groups -OCH3 is 1. The molecule has 2 aromatic carbocycles. The number of rotatable bonds is 9. The molecular weight excluding hydrogens is 408 g/mol. The summed E-state index contributed by atoms with van der Waals surface area (Å²) in [6, 6.07) is 15.3. The molecule has 2 N–H and O–H groups in total. The molecule has 0 spiro atoms. The molecule has 3 rings (SSSR count). The Bertz CT molecular complexity index is 919. The van der Waals surface area contributed by atoms with Crippen molar-refractivity contribution in [1.82, 2.24) is 10.6 Å². The van der Waals surface area contributed by atoms with Gasteiger partial charge in [-0.3, -0.25) is 9.59 Å². The van der Waals surface area contributed by atoms with E-state index in [9.17, 15) is 14.4 Å². The summed E-state index contributed by atoms with van der Waals surface area (Å²) in [6.07, 6.45) is 0.462. The van der Waals surface area contributed by atoms with E-state index in [1.54, 1.807) is 0 Å². The standard InChI is InChI=1S/C25H30N2O5/c1-16(2)13-20(25(30)31-3)27-23(28)19(14-17-9-5-4-6-10-17)26-24(29)22-15-18-11-7-8-12-21(18)32-22/h4-12,16,19-20,22H,13-15H2,1-3H3,(H,26,29)(H,27,28)/t19-,20-,22?/m0/s1. The van der Waals surface area contributed by atoms with Crippen molar-refractivity contribution in [1.29, 1.82) is 0 Å². The highest BCUT2D eigenvalue weighted by Gasteiger charge is 2.33. The number of hydrogen-bond acceptors (Lipinski definition) is 5. The number of carbonyl (C=O) groups excluding carboxylic acids is 3. The molecule has 0 radical (unpaired) electrons. The van der Waals surface area contributed by atoms with E-state index in [0.717, 1.165) is 11.1 Å². The van der Waals surface area contributed by atoms with Crippen LogP contribution in [-0.4, -0.2) is 43.1 Å². The number of ether oxygens (including phenoxy) is 2. The average molecular weight is 439 g/mol. The topological polar surface area (TPSA) is 93.7 Å². The molecule has 7 nitrogen and oxygen atoms in total. The molecule has 170 valence electrons. The summed E-state index contributed by atoms with van der Waals surface area (Å²) >= 11 is 0. The number of carbonyl (C=O) groups is 3. The van der Waals surface area contributed by atoms with E-state index in [0.29, 0.717) is 18.6 Å². The number of amides is 2. The predicted molar refractivity (Wildman–Crippen MR) is 120 cm³/mol. The van der Waals surface area contributed by atoms with Gasteiger partial charge in [0.05, 0.1) is 7.11 Å². The molecule has 0 bridgehead atoms. The predicted octanol–water partition coefficient (Wildman–Crippen LogP) is 2.42. The third-order valence-corrected chi connectivity index (χ3v) is 5.36. The highest BCUT2D eigenvalue weighted by atomic mass is 16.5. The average Bonchev–Trinajstić information content (AvgIpc) is 3.22. The third-order valence-electron chi connectivity index (χ3n) is 5.36. The van der Waals surface area contributed by atoms with E-state index >= 15 is 0 Å². The van der Waals surface area contributed by atoms with Crippen LogP contribution in [0.1, 0.15) is 31.4 Å². The number of fused-ring (bicyclic) bond motifs is 1. The molecular formula is C25H30N2O5. The Morgan fingerprint density at radius 1 is 1.00 bits per heavy atom. The quantitative estimate of drug-likeness (QED) is 0.587. The molecule has 1 aliphatic rings. The molecule has 0 aliphatic carbocycles. The van der Waals surface area contributed by atoms with Crippen molar-refractivity contribution in [3.63, 3.8) is 0 Å². The summed E-state index contributed by atoms with van der Waals surface area (Å²) in [7, 11) is 1.29. The Hall–Kier alpha value is -3.35. The van der Waals surface area contributed by atoms with Crippen molar-refractivity contribution in [3.05, 3.63) is 65.7 Å². The minimum absolute atomic E-state index is 0.173. The van der Waals surface area contributed by atoms with Crippen molar-refractivity contribution < 1.29 is 23.9 Å². The number of nitrogens with one attached hydrogen (secondary N) is 2. The minimum atomic E-state index is -0.864. The SMILES string of the molecule is COC(=O)[C@H](CC(C)C)NC(=O)[C@H](Cc1ccccc1)NC(=O)C1Cc2ccccc2O1. The van der Waals surface area contributed by atoms with Crippen LogP contribution >= 0.6 is 0 Å². The fourth-order valence-corrected chi connectivity index (χ4v) is 3.75. The van der Waals surface area contributed by atoms with Gasteiger partial charge in [-0.25, -0.2) is 4.79 Å². The zero-order valence-electron chi connectivity index (χ0n) is 18.7. The molecule has 1 heterocycles. The van der Waals surface area contributed by atoms with E-state index < -0.39 is 30.1 Å². The van der Waals surface area contributed by atoms with Gasteiger partial charge in [-0.2, -0.15) is 0 Å². The summed E-state index contributed by atoms with van der Waals surface area (Å²) in [6.45, 7) is 3.92. The first-order chi connectivity index (χ1) is 15.4. The lowest BCUT2D eigenvalue weighted by atomic mass is 10.0. The summed E-state index contributed by atoms with van der Waals surface area (Å²) in [5.74, 6) is -0.456. The maximum Gasteiger partial charge on any atom is 0.328 e. The smallest absolute Gasteiger partial charge is 0.328 e. The molecule has 3 atom stereocenters. The maximum absolute atomic E-state index is 13.2. The van der Waals surface area contributed by atoms with Crippen molar-refractivity contribution in [2.45, 2.75) is 51.3 Å². The lowest BCUT2D eigenvalue weighted by Gasteiger charge is -2.24. The van der Waals surface area contributed by atoms with Crippen LogP contribution in [-0.2, 0) is 32.0 Å². The fourth-order valence-electron chi connectivity index (χ4n) is 3.75. The van der Waals surface area contributed by atoms with Gasteiger partial charge in [0.1, 0.15) is 17.8 Å². The second kappa shape index (κ2) is 10.8. The van der Waals surface area contributed by atoms with E-state index in [4.69, 9.17) is 9.47 Å². The monoisotopic (exact) mass is 438 g/mol. The van der Waals surface area contributed by atoms with Crippen molar-refractivity contribution >= 4 is 17.8 Å². The van der Waals surface area contributed by atoms with Gasteiger partial charge in [0.25, 0.3) is 5.91 Å². The molecule has 7 heteroatoms. The molecule has 1 aliphatic heterocycles. The summed E-state index contributed by atoms with van der Waals surface area (Å²) in [5, 5.41) is 5.59. The second-order valence-electron chi connectivity index (χ2n) is 8.38.